The lowest BCUT2D eigenvalue weighted by Gasteiger charge is -2.09. The zero-order chi connectivity index (χ0) is 12.6. The third-order valence-electron chi connectivity index (χ3n) is 2.90. The number of rotatable bonds is 2. The molecule has 0 N–H and O–H groups in total. The van der Waals surface area contributed by atoms with E-state index in [0.717, 1.165) is 11.3 Å². The molecule has 0 aliphatic heterocycles. The second kappa shape index (κ2) is 4.40. The average molecular weight is 232 g/mol. The van der Waals surface area contributed by atoms with E-state index in [4.69, 9.17) is 0 Å². The number of nitrogens with zero attached hydrogens (tertiary/aromatic N) is 2. The molecule has 3 heteroatoms. The first kappa shape index (κ1) is 12.0. The summed E-state index contributed by atoms with van der Waals surface area (Å²) in [5, 5.41) is 0. The van der Waals surface area contributed by atoms with Gasteiger partial charge in [0.15, 0.2) is 5.82 Å². The van der Waals surface area contributed by atoms with E-state index >= 15 is 0 Å². The first-order chi connectivity index (χ1) is 7.99. The Kier molecular flexibility index (Phi) is 3.09. The summed E-state index contributed by atoms with van der Waals surface area (Å²) in [7, 11) is 0. The van der Waals surface area contributed by atoms with E-state index in [1.54, 1.807) is 12.3 Å². The molecule has 17 heavy (non-hydrogen) atoms. The lowest BCUT2D eigenvalue weighted by atomic mass is 10.0. The number of halogens is 1. The molecule has 0 amide bonds. The monoisotopic (exact) mass is 232 g/mol. The average Bonchev–Trinajstić information content (AvgIpc) is 2.28. The maximum atomic E-state index is 13.9. The van der Waals surface area contributed by atoms with Crippen molar-refractivity contribution in [3.05, 3.63) is 35.4 Å². The van der Waals surface area contributed by atoms with E-state index in [1.807, 2.05) is 33.8 Å². The van der Waals surface area contributed by atoms with E-state index in [-0.39, 0.29) is 11.7 Å². The van der Waals surface area contributed by atoms with Crippen LogP contribution in [0.1, 0.15) is 50.8 Å². The fourth-order valence-corrected chi connectivity index (χ4v) is 1.72. The van der Waals surface area contributed by atoms with E-state index in [9.17, 15) is 4.39 Å². The van der Waals surface area contributed by atoms with Crippen molar-refractivity contribution in [1.82, 2.24) is 9.97 Å². The predicted molar refractivity (Wildman–Crippen MR) is 67.7 cm³/mol. The molecule has 0 bridgehead atoms. The van der Waals surface area contributed by atoms with Crippen LogP contribution in [0.2, 0.25) is 0 Å². The highest BCUT2D eigenvalue weighted by atomic mass is 19.1. The molecule has 2 rings (SSSR count). The van der Waals surface area contributed by atoms with Crippen molar-refractivity contribution in [3.63, 3.8) is 0 Å². The van der Waals surface area contributed by atoms with Crippen molar-refractivity contribution in [2.45, 2.75) is 39.5 Å². The molecule has 1 aromatic carbocycles. The van der Waals surface area contributed by atoms with Crippen molar-refractivity contribution >= 4 is 11.0 Å². The zero-order valence-electron chi connectivity index (χ0n) is 10.7. The lowest BCUT2D eigenvalue weighted by Crippen LogP contribution is -1.99. The molecule has 0 aliphatic carbocycles. The number of hydrogen-bond donors (Lipinski definition) is 0. The van der Waals surface area contributed by atoms with Crippen molar-refractivity contribution in [2.75, 3.05) is 0 Å². The molecule has 0 radical (unpaired) electrons. The van der Waals surface area contributed by atoms with E-state index in [1.165, 1.54) is 0 Å². The Bertz CT molecular complexity index is 547. The van der Waals surface area contributed by atoms with Gasteiger partial charge in [-0.1, -0.05) is 27.7 Å². The minimum atomic E-state index is -0.277. The third-order valence-corrected chi connectivity index (χ3v) is 2.90. The Morgan fingerprint density at radius 3 is 2.35 bits per heavy atom. The highest BCUT2D eigenvalue weighted by Crippen LogP contribution is 2.23. The molecule has 0 saturated heterocycles. The van der Waals surface area contributed by atoms with Gasteiger partial charge in [0.1, 0.15) is 5.52 Å². The highest BCUT2D eigenvalue weighted by molar-refractivity contribution is 5.75. The van der Waals surface area contributed by atoms with Gasteiger partial charge in [-0.2, -0.15) is 0 Å². The zero-order valence-corrected chi connectivity index (χ0v) is 10.7. The van der Waals surface area contributed by atoms with Crippen LogP contribution in [0.3, 0.4) is 0 Å². The van der Waals surface area contributed by atoms with Crippen LogP contribution in [0.4, 0.5) is 4.39 Å². The van der Waals surface area contributed by atoms with Gasteiger partial charge >= 0.3 is 0 Å². The fraction of sp³-hybridized carbons (Fsp3) is 0.429. The normalized spacial score (nSPS) is 11.7. The number of hydrogen-bond acceptors (Lipinski definition) is 2. The predicted octanol–water partition coefficient (Wildman–Crippen LogP) is 4.02. The number of aromatic nitrogens is 2. The second-order valence-electron chi connectivity index (χ2n) is 4.97. The molecule has 0 spiro atoms. The fourth-order valence-electron chi connectivity index (χ4n) is 1.72. The van der Waals surface area contributed by atoms with Crippen LogP contribution in [0, 0.1) is 5.82 Å². The molecule has 0 fully saturated rings. The molecule has 2 aromatic rings. The summed E-state index contributed by atoms with van der Waals surface area (Å²) < 4.78 is 13.9. The summed E-state index contributed by atoms with van der Waals surface area (Å²) in [4.78, 5) is 8.64. The van der Waals surface area contributed by atoms with Gasteiger partial charge in [0, 0.05) is 6.20 Å². The number of fused-ring (bicyclic) bond motifs is 1. The SMILES string of the molecule is CC(C)c1cc(F)c2nc(C(C)C)cnc2c1. The van der Waals surface area contributed by atoms with Gasteiger partial charge in [0.25, 0.3) is 0 Å². The standard InChI is InChI=1S/C14H17FN2/c1-8(2)10-5-11(15)14-12(6-10)16-7-13(17-14)9(3)4/h5-9H,1-4H3. The Hall–Kier alpha value is -1.51. The summed E-state index contributed by atoms with van der Waals surface area (Å²) in [5.74, 6) is 0.276. The smallest absolute Gasteiger partial charge is 0.151 e. The quantitative estimate of drug-likeness (QED) is 0.781. The summed E-state index contributed by atoms with van der Waals surface area (Å²) >= 11 is 0. The van der Waals surface area contributed by atoms with Crippen molar-refractivity contribution in [1.29, 1.82) is 0 Å². The molecule has 1 aromatic heterocycles. The first-order valence-corrected chi connectivity index (χ1v) is 5.95. The minimum Gasteiger partial charge on any atom is -0.253 e. The summed E-state index contributed by atoms with van der Waals surface area (Å²) in [6.45, 7) is 8.12. The van der Waals surface area contributed by atoms with Crippen LogP contribution >= 0.6 is 0 Å². The van der Waals surface area contributed by atoms with E-state index in [0.29, 0.717) is 17.0 Å². The highest BCUT2D eigenvalue weighted by Gasteiger charge is 2.10. The van der Waals surface area contributed by atoms with Gasteiger partial charge in [-0.25, -0.2) is 9.37 Å². The van der Waals surface area contributed by atoms with Crippen LogP contribution in [-0.4, -0.2) is 9.97 Å². The van der Waals surface area contributed by atoms with Crippen LogP contribution in [0.25, 0.3) is 11.0 Å². The van der Waals surface area contributed by atoms with Gasteiger partial charge in [0.2, 0.25) is 0 Å². The second-order valence-corrected chi connectivity index (χ2v) is 4.97. The van der Waals surface area contributed by atoms with E-state index in [2.05, 4.69) is 9.97 Å². The Labute approximate surface area is 101 Å². The Morgan fingerprint density at radius 2 is 1.76 bits per heavy atom. The van der Waals surface area contributed by atoms with Gasteiger partial charge in [-0.3, -0.25) is 4.98 Å². The lowest BCUT2D eigenvalue weighted by molar-refractivity contribution is 0.630. The summed E-state index contributed by atoms with van der Waals surface area (Å²) in [5.41, 5.74) is 2.80. The van der Waals surface area contributed by atoms with Gasteiger partial charge < -0.3 is 0 Å². The van der Waals surface area contributed by atoms with Gasteiger partial charge in [-0.15, -0.1) is 0 Å². The molecule has 0 atom stereocenters. The van der Waals surface area contributed by atoms with Crippen LogP contribution < -0.4 is 0 Å². The third kappa shape index (κ3) is 2.28. The molecule has 2 nitrogen and oxygen atoms in total. The van der Waals surface area contributed by atoms with Gasteiger partial charge in [-0.05, 0) is 29.5 Å². The van der Waals surface area contributed by atoms with Crippen LogP contribution in [-0.2, 0) is 0 Å². The molecule has 0 saturated carbocycles. The molecule has 0 aliphatic rings. The molecule has 90 valence electrons. The molecule has 1 heterocycles. The first-order valence-electron chi connectivity index (χ1n) is 5.95. The maximum absolute atomic E-state index is 13.9. The van der Waals surface area contributed by atoms with Crippen LogP contribution in [0.5, 0.6) is 0 Å². The Balaban J connectivity index is 2.64. The summed E-state index contributed by atoms with van der Waals surface area (Å²) in [6, 6.07) is 3.48. The van der Waals surface area contributed by atoms with Crippen LogP contribution in [0.15, 0.2) is 18.3 Å². The largest absolute Gasteiger partial charge is 0.253 e. The van der Waals surface area contributed by atoms with Crippen molar-refractivity contribution in [3.8, 4) is 0 Å². The molecular weight excluding hydrogens is 215 g/mol. The minimum absolute atomic E-state index is 0.260. The number of benzene rings is 1. The van der Waals surface area contributed by atoms with E-state index < -0.39 is 0 Å². The maximum Gasteiger partial charge on any atom is 0.151 e. The van der Waals surface area contributed by atoms with Crippen molar-refractivity contribution in [2.24, 2.45) is 0 Å². The van der Waals surface area contributed by atoms with Crippen molar-refractivity contribution < 1.29 is 4.39 Å². The van der Waals surface area contributed by atoms with Gasteiger partial charge in [0.05, 0.1) is 11.2 Å². The summed E-state index contributed by atoms with van der Waals surface area (Å²) in [6.07, 6.45) is 1.73. The topological polar surface area (TPSA) is 25.8 Å². The molecule has 0 unspecified atom stereocenters. The Morgan fingerprint density at radius 1 is 1.06 bits per heavy atom. The molecular formula is C14H17FN2.